The number of hydrogen-bond donors (Lipinski definition) is 1. The number of anilines is 1. The van der Waals surface area contributed by atoms with E-state index in [0.29, 0.717) is 0 Å². The molecule has 8 nitrogen and oxygen atoms in total. The molecule has 1 rings (SSSR count). The molecule has 1 N–H and O–H groups in total. The fourth-order valence-corrected chi connectivity index (χ4v) is 1.74. The Hall–Kier alpha value is -1.87. The molecule has 18 heavy (non-hydrogen) atoms. The molecule has 0 aliphatic heterocycles. The third kappa shape index (κ3) is 3.08. The Balaban J connectivity index is 3.21. The van der Waals surface area contributed by atoms with Gasteiger partial charge in [-0.3, -0.25) is 14.8 Å². The predicted molar refractivity (Wildman–Crippen MR) is 65.9 cm³/mol. The first kappa shape index (κ1) is 14.2. The van der Waals surface area contributed by atoms with Crippen molar-refractivity contribution < 1.29 is 18.1 Å². The minimum Gasteiger partial charge on any atom is -0.495 e. The van der Waals surface area contributed by atoms with E-state index in [1.807, 2.05) is 0 Å². The lowest BCUT2D eigenvalue weighted by Gasteiger charge is -2.15. The van der Waals surface area contributed by atoms with Gasteiger partial charge in [0.1, 0.15) is 5.75 Å². The lowest BCUT2D eigenvalue weighted by molar-refractivity contribution is -0.384. The molecule has 0 fully saturated rings. The maximum atomic E-state index is 11.6. The number of ether oxygens (including phenoxy) is 1. The Morgan fingerprint density at radius 1 is 1.39 bits per heavy atom. The maximum absolute atomic E-state index is 11.6. The average Bonchev–Trinajstić information content (AvgIpc) is 2.28. The molecule has 100 valence electrons. The van der Waals surface area contributed by atoms with E-state index < -0.39 is 15.1 Å². The number of nitro groups is 1. The molecular weight excluding hydrogens is 262 g/mol. The highest BCUT2D eigenvalue weighted by atomic mass is 32.2. The number of non-ortho nitro benzene ring substituents is 1. The van der Waals surface area contributed by atoms with Crippen molar-refractivity contribution in [2.75, 3.05) is 25.9 Å². The van der Waals surface area contributed by atoms with Crippen LogP contribution >= 0.6 is 0 Å². The minimum absolute atomic E-state index is 0.0143. The molecule has 0 bridgehead atoms. The monoisotopic (exact) mass is 275 g/mol. The second-order valence-corrected chi connectivity index (χ2v) is 5.42. The first-order chi connectivity index (χ1) is 8.27. The van der Waals surface area contributed by atoms with E-state index in [-0.39, 0.29) is 17.1 Å². The van der Waals surface area contributed by atoms with Crippen LogP contribution in [0, 0.1) is 10.1 Å². The highest BCUT2D eigenvalue weighted by molar-refractivity contribution is 7.90. The minimum atomic E-state index is -3.75. The van der Waals surface area contributed by atoms with Crippen LogP contribution < -0.4 is 9.46 Å². The zero-order chi connectivity index (χ0) is 13.9. The molecule has 0 aliphatic carbocycles. The fourth-order valence-electron chi connectivity index (χ4n) is 1.12. The van der Waals surface area contributed by atoms with Crippen molar-refractivity contribution in [2.24, 2.45) is 0 Å². The molecule has 0 atom stereocenters. The van der Waals surface area contributed by atoms with Gasteiger partial charge in [-0.15, -0.1) is 0 Å². The zero-order valence-electron chi connectivity index (χ0n) is 10.1. The molecule has 0 spiro atoms. The number of rotatable bonds is 5. The van der Waals surface area contributed by atoms with E-state index in [1.165, 1.54) is 33.3 Å². The van der Waals surface area contributed by atoms with Gasteiger partial charge in [-0.1, -0.05) is 0 Å². The molecule has 9 heteroatoms. The van der Waals surface area contributed by atoms with E-state index in [2.05, 4.69) is 4.72 Å². The molecule has 0 unspecified atom stereocenters. The quantitative estimate of drug-likeness (QED) is 0.633. The SMILES string of the molecule is COc1ccc([N+](=O)[O-])cc1NS(=O)(=O)N(C)C. The third-order valence-corrected chi connectivity index (χ3v) is 3.55. The van der Waals surface area contributed by atoms with Crippen LogP contribution in [-0.2, 0) is 10.2 Å². The number of nitrogens with one attached hydrogen (secondary N) is 1. The summed E-state index contributed by atoms with van der Waals surface area (Å²) in [4.78, 5) is 10.0. The van der Waals surface area contributed by atoms with Crippen molar-refractivity contribution in [1.29, 1.82) is 0 Å². The summed E-state index contributed by atoms with van der Waals surface area (Å²) in [5, 5.41) is 10.6. The molecule has 1 aromatic rings. The first-order valence-corrected chi connectivity index (χ1v) is 6.24. The largest absolute Gasteiger partial charge is 0.495 e. The van der Waals surface area contributed by atoms with Gasteiger partial charge in [0, 0.05) is 26.2 Å². The van der Waals surface area contributed by atoms with E-state index in [4.69, 9.17) is 4.74 Å². The van der Waals surface area contributed by atoms with Crippen molar-refractivity contribution in [2.45, 2.75) is 0 Å². The summed E-state index contributed by atoms with van der Waals surface area (Å²) in [6.45, 7) is 0. The van der Waals surface area contributed by atoms with Crippen LogP contribution in [0.4, 0.5) is 11.4 Å². The smallest absolute Gasteiger partial charge is 0.301 e. The Labute approximate surface area is 104 Å². The van der Waals surface area contributed by atoms with E-state index in [0.717, 1.165) is 10.4 Å². The number of hydrogen-bond acceptors (Lipinski definition) is 5. The Morgan fingerprint density at radius 2 is 2.00 bits per heavy atom. The van der Waals surface area contributed by atoms with Crippen molar-refractivity contribution in [3.05, 3.63) is 28.3 Å². The molecule has 0 aliphatic rings. The molecule has 0 saturated heterocycles. The standard InChI is InChI=1S/C9H13N3O5S/c1-11(2)18(15,16)10-8-6-7(12(13)14)4-5-9(8)17-3/h4-6,10H,1-3H3. The summed E-state index contributed by atoms with van der Waals surface area (Å²) in [6.07, 6.45) is 0. The summed E-state index contributed by atoms with van der Waals surface area (Å²) in [7, 11) is 0.275. The molecule has 0 amide bonds. The van der Waals surface area contributed by atoms with Gasteiger partial charge in [-0.05, 0) is 6.07 Å². The van der Waals surface area contributed by atoms with Crippen LogP contribution in [0.5, 0.6) is 5.75 Å². The van der Waals surface area contributed by atoms with Gasteiger partial charge in [-0.2, -0.15) is 12.7 Å². The van der Waals surface area contributed by atoms with Gasteiger partial charge < -0.3 is 4.74 Å². The maximum Gasteiger partial charge on any atom is 0.301 e. The number of nitro benzene ring substituents is 1. The Bertz CT molecular complexity index is 555. The molecule has 0 radical (unpaired) electrons. The second kappa shape index (κ2) is 5.19. The third-order valence-electron chi connectivity index (χ3n) is 2.11. The zero-order valence-corrected chi connectivity index (χ0v) is 10.9. The highest BCUT2D eigenvalue weighted by Gasteiger charge is 2.18. The molecular formula is C9H13N3O5S. The molecule has 0 heterocycles. The molecule has 1 aromatic carbocycles. The lowest BCUT2D eigenvalue weighted by Crippen LogP contribution is -2.29. The summed E-state index contributed by atoms with van der Waals surface area (Å²) in [5.74, 6) is 0.200. The summed E-state index contributed by atoms with van der Waals surface area (Å²) < 4.78 is 31.4. The number of methoxy groups -OCH3 is 1. The number of benzene rings is 1. The van der Waals surface area contributed by atoms with Gasteiger partial charge >= 0.3 is 10.2 Å². The van der Waals surface area contributed by atoms with E-state index in [9.17, 15) is 18.5 Å². The van der Waals surface area contributed by atoms with Crippen LogP contribution in [0.25, 0.3) is 0 Å². The van der Waals surface area contributed by atoms with Crippen molar-refractivity contribution in [3.8, 4) is 5.75 Å². The van der Waals surface area contributed by atoms with E-state index >= 15 is 0 Å². The predicted octanol–water partition coefficient (Wildman–Crippen LogP) is 0.822. The molecule has 0 saturated carbocycles. The van der Waals surface area contributed by atoms with Crippen molar-refractivity contribution in [3.63, 3.8) is 0 Å². The van der Waals surface area contributed by atoms with Crippen LogP contribution in [0.3, 0.4) is 0 Å². The summed E-state index contributed by atoms with van der Waals surface area (Å²) in [5.41, 5.74) is -0.215. The van der Waals surface area contributed by atoms with E-state index in [1.54, 1.807) is 0 Å². The van der Waals surface area contributed by atoms with Gasteiger partial charge in [0.25, 0.3) is 5.69 Å². The van der Waals surface area contributed by atoms with Crippen LogP contribution in [-0.4, -0.2) is 38.9 Å². The van der Waals surface area contributed by atoms with Crippen LogP contribution in [0.1, 0.15) is 0 Å². The summed E-state index contributed by atoms with van der Waals surface area (Å²) >= 11 is 0. The summed E-state index contributed by atoms with van der Waals surface area (Å²) in [6, 6.07) is 3.65. The highest BCUT2D eigenvalue weighted by Crippen LogP contribution is 2.29. The Morgan fingerprint density at radius 3 is 2.44 bits per heavy atom. The van der Waals surface area contributed by atoms with Crippen LogP contribution in [0.15, 0.2) is 18.2 Å². The fraction of sp³-hybridized carbons (Fsp3) is 0.333. The van der Waals surface area contributed by atoms with Crippen molar-refractivity contribution in [1.82, 2.24) is 4.31 Å². The first-order valence-electron chi connectivity index (χ1n) is 4.80. The Kier molecular flexibility index (Phi) is 4.09. The van der Waals surface area contributed by atoms with Gasteiger partial charge in [0.2, 0.25) is 0 Å². The van der Waals surface area contributed by atoms with Gasteiger partial charge in [0.15, 0.2) is 0 Å². The normalized spacial score (nSPS) is 11.3. The average molecular weight is 275 g/mol. The second-order valence-electron chi connectivity index (χ2n) is 3.53. The molecule has 0 aromatic heterocycles. The topological polar surface area (TPSA) is 102 Å². The lowest BCUT2D eigenvalue weighted by atomic mass is 10.2. The van der Waals surface area contributed by atoms with Gasteiger partial charge in [-0.25, -0.2) is 0 Å². The van der Waals surface area contributed by atoms with Gasteiger partial charge in [0.05, 0.1) is 17.7 Å². The van der Waals surface area contributed by atoms with Crippen LogP contribution in [0.2, 0.25) is 0 Å². The van der Waals surface area contributed by atoms with Crippen molar-refractivity contribution >= 4 is 21.6 Å². The number of nitrogens with zero attached hydrogens (tertiary/aromatic N) is 2.